The standard InChI is InChI=1S/C9H18N2O2/c1-4-13-9(2,3)6-11-5-7(10)8(11)12/h7H,4-6,10H2,1-3H3. The Labute approximate surface area is 79.0 Å². The number of hydrogen-bond acceptors (Lipinski definition) is 3. The first-order valence-electron chi connectivity index (χ1n) is 4.64. The molecule has 1 amide bonds. The Balaban J connectivity index is 2.37. The van der Waals surface area contributed by atoms with Gasteiger partial charge >= 0.3 is 0 Å². The highest BCUT2D eigenvalue weighted by atomic mass is 16.5. The van der Waals surface area contributed by atoms with Gasteiger partial charge in [0.05, 0.1) is 5.60 Å². The SMILES string of the molecule is CCOC(C)(C)CN1CC(N)C1=O. The van der Waals surface area contributed by atoms with Crippen molar-refractivity contribution in [1.82, 2.24) is 4.90 Å². The normalized spacial score (nSPS) is 23.2. The summed E-state index contributed by atoms with van der Waals surface area (Å²) in [6.45, 7) is 7.87. The van der Waals surface area contributed by atoms with Crippen LogP contribution in [0.3, 0.4) is 0 Å². The number of carbonyl (C=O) groups excluding carboxylic acids is 1. The summed E-state index contributed by atoms with van der Waals surface area (Å²) in [7, 11) is 0. The Hall–Kier alpha value is -0.610. The van der Waals surface area contributed by atoms with Crippen LogP contribution in [0.15, 0.2) is 0 Å². The van der Waals surface area contributed by atoms with Crippen molar-refractivity contribution in [2.24, 2.45) is 5.73 Å². The van der Waals surface area contributed by atoms with Crippen LogP contribution in [-0.2, 0) is 9.53 Å². The quantitative estimate of drug-likeness (QED) is 0.627. The van der Waals surface area contributed by atoms with Crippen molar-refractivity contribution in [3.8, 4) is 0 Å². The smallest absolute Gasteiger partial charge is 0.241 e. The molecule has 0 aliphatic carbocycles. The lowest BCUT2D eigenvalue weighted by Crippen LogP contribution is -2.63. The summed E-state index contributed by atoms with van der Waals surface area (Å²) in [6.07, 6.45) is 0. The van der Waals surface area contributed by atoms with E-state index in [2.05, 4.69) is 0 Å². The number of nitrogens with two attached hydrogens (primary N) is 1. The lowest BCUT2D eigenvalue weighted by molar-refractivity contribution is -0.148. The Morgan fingerprint density at radius 3 is 2.69 bits per heavy atom. The first-order valence-corrected chi connectivity index (χ1v) is 4.64. The van der Waals surface area contributed by atoms with Gasteiger partial charge in [0.15, 0.2) is 0 Å². The van der Waals surface area contributed by atoms with Crippen molar-refractivity contribution in [1.29, 1.82) is 0 Å². The fourth-order valence-corrected chi connectivity index (χ4v) is 1.57. The minimum absolute atomic E-state index is 0.0350. The average molecular weight is 186 g/mol. The van der Waals surface area contributed by atoms with Crippen LogP contribution >= 0.6 is 0 Å². The Morgan fingerprint density at radius 1 is 1.69 bits per heavy atom. The van der Waals surface area contributed by atoms with E-state index in [1.807, 2.05) is 20.8 Å². The van der Waals surface area contributed by atoms with Gasteiger partial charge < -0.3 is 15.4 Å². The van der Waals surface area contributed by atoms with E-state index in [0.29, 0.717) is 19.7 Å². The molecular weight excluding hydrogens is 168 g/mol. The highest BCUT2D eigenvalue weighted by molar-refractivity contribution is 5.87. The molecule has 1 unspecified atom stereocenters. The molecule has 1 aliphatic heterocycles. The van der Waals surface area contributed by atoms with Gasteiger partial charge in [0, 0.05) is 19.7 Å². The van der Waals surface area contributed by atoms with Crippen molar-refractivity contribution in [3.05, 3.63) is 0 Å². The second-order valence-corrected chi connectivity index (χ2v) is 4.02. The molecule has 1 rings (SSSR count). The molecular formula is C9H18N2O2. The highest BCUT2D eigenvalue weighted by Gasteiger charge is 2.36. The van der Waals surface area contributed by atoms with Crippen molar-refractivity contribution in [3.63, 3.8) is 0 Å². The van der Waals surface area contributed by atoms with Crippen LogP contribution < -0.4 is 5.73 Å². The fraction of sp³-hybridized carbons (Fsp3) is 0.889. The van der Waals surface area contributed by atoms with Gasteiger partial charge in [-0.1, -0.05) is 0 Å². The van der Waals surface area contributed by atoms with Crippen molar-refractivity contribution < 1.29 is 9.53 Å². The molecule has 76 valence electrons. The maximum Gasteiger partial charge on any atom is 0.241 e. The number of likely N-dealkylation sites (tertiary alicyclic amines) is 1. The largest absolute Gasteiger partial charge is 0.374 e. The summed E-state index contributed by atoms with van der Waals surface area (Å²) in [4.78, 5) is 12.9. The van der Waals surface area contributed by atoms with Gasteiger partial charge in [0.2, 0.25) is 5.91 Å². The van der Waals surface area contributed by atoms with E-state index < -0.39 is 0 Å². The molecule has 0 spiro atoms. The number of ether oxygens (including phenoxy) is 1. The highest BCUT2D eigenvalue weighted by Crippen LogP contribution is 2.16. The third-order valence-electron chi connectivity index (χ3n) is 2.15. The lowest BCUT2D eigenvalue weighted by Gasteiger charge is -2.41. The second kappa shape index (κ2) is 3.64. The molecule has 1 aliphatic rings. The molecule has 0 radical (unpaired) electrons. The number of carbonyl (C=O) groups is 1. The predicted octanol–water partition coefficient (Wildman–Crippen LogP) is -0.0290. The van der Waals surface area contributed by atoms with Gasteiger partial charge in [-0.05, 0) is 20.8 Å². The molecule has 1 atom stereocenters. The van der Waals surface area contributed by atoms with Crippen molar-refractivity contribution in [2.75, 3.05) is 19.7 Å². The predicted molar refractivity (Wildman–Crippen MR) is 50.3 cm³/mol. The van der Waals surface area contributed by atoms with Crippen LogP contribution in [0.25, 0.3) is 0 Å². The molecule has 13 heavy (non-hydrogen) atoms. The van der Waals surface area contributed by atoms with E-state index in [1.54, 1.807) is 4.90 Å². The summed E-state index contributed by atoms with van der Waals surface area (Å²) >= 11 is 0. The average Bonchev–Trinajstić information content (AvgIpc) is 2.03. The van der Waals surface area contributed by atoms with E-state index in [-0.39, 0.29) is 17.6 Å². The number of nitrogens with zero attached hydrogens (tertiary/aromatic N) is 1. The van der Waals surface area contributed by atoms with Crippen LogP contribution in [-0.4, -0.2) is 42.1 Å². The molecule has 0 saturated carbocycles. The summed E-state index contributed by atoms with van der Waals surface area (Å²) < 4.78 is 5.48. The summed E-state index contributed by atoms with van der Waals surface area (Å²) in [5, 5.41) is 0. The van der Waals surface area contributed by atoms with E-state index in [4.69, 9.17) is 10.5 Å². The minimum Gasteiger partial charge on any atom is -0.374 e. The number of hydrogen-bond donors (Lipinski definition) is 1. The third-order valence-corrected chi connectivity index (χ3v) is 2.15. The van der Waals surface area contributed by atoms with Gasteiger partial charge in [-0.25, -0.2) is 0 Å². The fourth-order valence-electron chi connectivity index (χ4n) is 1.57. The first kappa shape index (κ1) is 10.5. The number of amides is 1. The van der Waals surface area contributed by atoms with E-state index in [0.717, 1.165) is 0 Å². The Morgan fingerprint density at radius 2 is 2.31 bits per heavy atom. The molecule has 0 aromatic heterocycles. The van der Waals surface area contributed by atoms with Crippen molar-refractivity contribution in [2.45, 2.75) is 32.4 Å². The van der Waals surface area contributed by atoms with E-state index >= 15 is 0 Å². The monoisotopic (exact) mass is 186 g/mol. The number of β-lactam (4-membered cyclic amide) rings is 1. The summed E-state index contributed by atoms with van der Waals surface area (Å²) in [6, 6.07) is -0.280. The van der Waals surface area contributed by atoms with Crippen LogP contribution in [0.2, 0.25) is 0 Å². The topological polar surface area (TPSA) is 55.6 Å². The summed E-state index contributed by atoms with van der Waals surface area (Å²) in [5.41, 5.74) is 5.21. The molecule has 2 N–H and O–H groups in total. The molecule has 1 heterocycles. The molecule has 0 aromatic rings. The molecule has 4 nitrogen and oxygen atoms in total. The summed E-state index contributed by atoms with van der Waals surface area (Å²) in [5.74, 6) is 0.0350. The molecule has 1 saturated heterocycles. The molecule has 0 bridgehead atoms. The maximum atomic E-state index is 11.2. The van der Waals surface area contributed by atoms with Gasteiger partial charge in [-0.2, -0.15) is 0 Å². The Kier molecular flexibility index (Phi) is 2.93. The molecule has 4 heteroatoms. The van der Waals surface area contributed by atoms with E-state index in [9.17, 15) is 4.79 Å². The second-order valence-electron chi connectivity index (χ2n) is 4.02. The van der Waals surface area contributed by atoms with Gasteiger partial charge in [-0.3, -0.25) is 4.79 Å². The van der Waals surface area contributed by atoms with Crippen LogP contribution in [0.5, 0.6) is 0 Å². The first-order chi connectivity index (χ1) is 5.96. The zero-order valence-electron chi connectivity index (χ0n) is 8.54. The zero-order chi connectivity index (χ0) is 10.1. The van der Waals surface area contributed by atoms with Crippen molar-refractivity contribution >= 4 is 5.91 Å². The van der Waals surface area contributed by atoms with E-state index in [1.165, 1.54) is 0 Å². The minimum atomic E-state index is -0.280. The van der Waals surface area contributed by atoms with Crippen LogP contribution in [0.4, 0.5) is 0 Å². The third kappa shape index (κ3) is 2.42. The Bertz CT molecular complexity index is 204. The molecule has 0 aromatic carbocycles. The zero-order valence-corrected chi connectivity index (χ0v) is 8.54. The van der Waals surface area contributed by atoms with Gasteiger partial charge in [-0.15, -0.1) is 0 Å². The van der Waals surface area contributed by atoms with Gasteiger partial charge in [0.1, 0.15) is 6.04 Å². The van der Waals surface area contributed by atoms with Gasteiger partial charge in [0.25, 0.3) is 0 Å². The van der Waals surface area contributed by atoms with Crippen LogP contribution in [0, 0.1) is 0 Å². The molecule has 1 fully saturated rings. The lowest BCUT2D eigenvalue weighted by atomic mass is 10.0. The number of rotatable bonds is 4. The van der Waals surface area contributed by atoms with Crippen LogP contribution in [0.1, 0.15) is 20.8 Å². The maximum absolute atomic E-state index is 11.2.